The van der Waals surface area contributed by atoms with Gasteiger partial charge in [0.2, 0.25) is 0 Å². The van der Waals surface area contributed by atoms with Crippen LogP contribution >= 0.6 is 12.4 Å². The van der Waals surface area contributed by atoms with Gasteiger partial charge in [-0.05, 0) is 74.0 Å². The highest BCUT2D eigenvalue weighted by atomic mass is 35.5. The summed E-state index contributed by atoms with van der Waals surface area (Å²) in [4.78, 5) is 0. The van der Waals surface area contributed by atoms with E-state index in [9.17, 15) is 51.9 Å². The van der Waals surface area contributed by atoms with Crippen molar-refractivity contribution in [2.75, 3.05) is 0 Å². The van der Waals surface area contributed by atoms with Crippen LogP contribution in [0.5, 0.6) is 0 Å². The lowest BCUT2D eigenvalue weighted by Crippen LogP contribution is -2.70. The number of fused-ring (bicyclic) bond motifs is 20. The van der Waals surface area contributed by atoms with Crippen LogP contribution in [0.1, 0.15) is 77.0 Å². The molecule has 9 fully saturated rings. The molecule has 9 rings (SSSR count). The fourth-order valence-corrected chi connectivity index (χ4v) is 20.7. The Hall–Kier alpha value is -0.390. The van der Waals surface area contributed by atoms with Gasteiger partial charge in [-0.2, -0.15) is 33.7 Å². The molecule has 20 unspecified atom stereocenters. The molecule has 12 N–H and O–H groups in total. The third kappa shape index (κ3) is 7.64. The van der Waals surface area contributed by atoms with Crippen LogP contribution in [0.15, 0.2) is 0 Å². The zero-order chi connectivity index (χ0) is 39.7. The molecule has 328 valence electrons. The Balaban J connectivity index is 0.00000455. The van der Waals surface area contributed by atoms with Crippen LogP contribution in [0.4, 0.5) is 0 Å². The summed E-state index contributed by atoms with van der Waals surface area (Å²) < 4.78 is 149. The van der Waals surface area contributed by atoms with E-state index in [0.717, 1.165) is 77.0 Å². The van der Waals surface area contributed by atoms with Gasteiger partial charge in [-0.25, -0.2) is 0 Å². The average Bonchev–Trinajstić information content (AvgIpc) is 3.84. The molecule has 57 heavy (non-hydrogen) atoms. The normalized spacial score (nSPS) is 50.2. The molecule has 20 atom stereocenters. The van der Waals surface area contributed by atoms with Gasteiger partial charge in [0, 0.05) is 11.8 Å². The van der Waals surface area contributed by atoms with Gasteiger partial charge in [-0.3, -0.25) is 60.7 Å². The number of halogens is 1. The second-order valence-electron chi connectivity index (χ2n) is 18.1. The van der Waals surface area contributed by atoms with E-state index in [1.807, 2.05) is 0 Å². The number of hydrogen-bond acceptors (Lipinski definition) is 16. The molecule has 4 aliphatic carbocycles. The lowest BCUT2D eigenvalue weighted by atomic mass is 9.75. The van der Waals surface area contributed by atoms with Crippen LogP contribution < -0.4 is 42.5 Å². The number of nitrogens with one attached hydrogen (secondary N) is 8. The molecule has 0 aromatic rings. The van der Waals surface area contributed by atoms with Crippen molar-refractivity contribution in [3.8, 4) is 0 Å². The Kier molecular flexibility index (Phi) is 11.7. The summed E-state index contributed by atoms with van der Waals surface area (Å²) in [5, 5.41) is 17.7. The highest BCUT2D eigenvalue weighted by Gasteiger charge is 2.71. The maximum absolute atomic E-state index is 13.4. The summed E-state index contributed by atoms with van der Waals surface area (Å²) >= 11 is 0. The monoisotopic (exact) mass is 908 g/mol. The topological polar surface area (TPSA) is 314 Å². The molecule has 5 aliphatic heterocycles. The fourth-order valence-electron chi connectivity index (χ4n) is 13.4. The van der Waals surface area contributed by atoms with Crippen LogP contribution in [-0.4, -0.2) is 122 Å². The summed E-state index contributed by atoms with van der Waals surface area (Å²) in [7, 11) is -23.0. The molecule has 9 aliphatic rings. The van der Waals surface area contributed by atoms with E-state index >= 15 is 0 Å². The first-order chi connectivity index (χ1) is 26.3. The van der Waals surface area contributed by atoms with Crippen LogP contribution in [0, 0.1) is 47.3 Å². The van der Waals surface area contributed by atoms with Crippen molar-refractivity contribution in [1.82, 2.24) is 42.5 Å². The first-order valence-electron chi connectivity index (χ1n) is 20.2. The summed E-state index contributed by atoms with van der Waals surface area (Å²) in [6, 6.07) is 0. The van der Waals surface area contributed by atoms with Gasteiger partial charge in [0.1, 0.15) is 21.0 Å². The Morgan fingerprint density at radius 3 is 0.667 bits per heavy atom. The molecule has 20 nitrogen and oxygen atoms in total. The molecule has 25 heteroatoms. The van der Waals surface area contributed by atoms with Crippen LogP contribution in [0.3, 0.4) is 0 Å². The predicted octanol–water partition coefficient (Wildman–Crippen LogP) is -1.51. The van der Waals surface area contributed by atoms with Crippen LogP contribution in [0.2, 0.25) is 0 Å². The van der Waals surface area contributed by atoms with E-state index < -0.39 is 98.0 Å². The van der Waals surface area contributed by atoms with Gasteiger partial charge >= 0.3 is 0 Å². The van der Waals surface area contributed by atoms with Gasteiger partial charge in [-0.15, -0.1) is 12.4 Å². The lowest BCUT2D eigenvalue weighted by Gasteiger charge is -2.46. The quantitative estimate of drug-likeness (QED) is 0.143. The van der Waals surface area contributed by atoms with Gasteiger partial charge in [0.05, 0.1) is 49.3 Å². The van der Waals surface area contributed by atoms with Crippen molar-refractivity contribution in [2.24, 2.45) is 47.3 Å². The molecular weight excluding hydrogens is 852 g/mol. The van der Waals surface area contributed by atoms with Crippen LogP contribution in [0.25, 0.3) is 0 Å². The third-order valence-electron chi connectivity index (χ3n) is 15.4. The first-order valence-corrected chi connectivity index (χ1v) is 26.3. The standard InChI is InChI=1S/C32H56N8O12S4.ClH/c41-53(42,43)21-19-20(22(54(44,45)46)24(56(50,51)52)23(21)55(47,48)49)32-39-30-18-12-6-4-10-16(18)28(37-30)35-26-14-8-2-1-7-13(14)25(33-26)34-27-15-9-3-5-11-17(15)29(36-27)38-31(19)40-32;/h13-40H,1-12H2,(H,41,42,43)(H,44,45,46)(H,47,48,49)(H,50,51,52);1H. The highest BCUT2D eigenvalue weighted by molar-refractivity contribution is 7.94. The first kappa shape index (κ1) is 43.3. The summed E-state index contributed by atoms with van der Waals surface area (Å²) in [6.07, 6.45) is 7.44. The Labute approximate surface area is 340 Å². The van der Waals surface area contributed by atoms with E-state index in [-0.39, 0.29) is 60.7 Å². The van der Waals surface area contributed by atoms with E-state index in [4.69, 9.17) is 0 Å². The van der Waals surface area contributed by atoms with Crippen molar-refractivity contribution in [2.45, 2.75) is 147 Å². The van der Waals surface area contributed by atoms with Crippen molar-refractivity contribution in [3.05, 3.63) is 0 Å². The second kappa shape index (κ2) is 15.4. The minimum Gasteiger partial charge on any atom is -0.286 e. The SMILES string of the molecule is Cl.O=S(=O)(O)C1C2C3NC4NC(NC5NC(NC6NC(NC(N3)C2C(S(=O)(=O)O)C(S(=O)(=O)O)C1S(=O)(=O)O)C1CCCCC61)C1CCCCC51)C1CCCCC41. The second-order valence-corrected chi connectivity index (χ2v) is 24.4. The predicted molar refractivity (Wildman–Crippen MR) is 207 cm³/mol. The zero-order valence-electron chi connectivity index (χ0n) is 31.1. The molecule has 0 spiro atoms. The van der Waals surface area contributed by atoms with Gasteiger partial charge < -0.3 is 0 Å². The van der Waals surface area contributed by atoms with Gasteiger partial charge in [-0.1, -0.05) is 38.5 Å². The van der Waals surface area contributed by atoms with E-state index in [1.54, 1.807) is 0 Å². The number of rotatable bonds is 4. The highest BCUT2D eigenvalue weighted by Crippen LogP contribution is 2.50. The fraction of sp³-hybridized carbons (Fsp3) is 1.00. The van der Waals surface area contributed by atoms with Crippen molar-refractivity contribution in [3.63, 3.8) is 0 Å². The minimum absolute atomic E-state index is 0. The van der Waals surface area contributed by atoms with Gasteiger partial charge in [0.25, 0.3) is 40.5 Å². The van der Waals surface area contributed by atoms with E-state index in [2.05, 4.69) is 42.5 Å². The van der Waals surface area contributed by atoms with Crippen molar-refractivity contribution >= 4 is 52.9 Å². The lowest BCUT2D eigenvalue weighted by molar-refractivity contribution is 0.166. The van der Waals surface area contributed by atoms with Crippen LogP contribution in [-0.2, 0) is 40.5 Å². The summed E-state index contributed by atoms with van der Waals surface area (Å²) in [5.41, 5.74) is 0. The average molecular weight is 910 g/mol. The smallest absolute Gasteiger partial charge is 0.270 e. The molecule has 4 saturated carbocycles. The maximum Gasteiger partial charge on any atom is 0.270 e. The minimum atomic E-state index is -5.87. The summed E-state index contributed by atoms with van der Waals surface area (Å²) in [5.74, 6) is -2.57. The molecule has 5 saturated heterocycles. The van der Waals surface area contributed by atoms with Crippen molar-refractivity contribution < 1.29 is 51.9 Å². The van der Waals surface area contributed by atoms with Gasteiger partial charge in [0.15, 0.2) is 0 Å². The molecule has 8 bridgehead atoms. The maximum atomic E-state index is 13.4. The third-order valence-corrected chi connectivity index (χ3v) is 21.0. The zero-order valence-corrected chi connectivity index (χ0v) is 35.2. The molecule has 0 aromatic heterocycles. The molecular formula is C32H57ClN8O12S4. The Morgan fingerprint density at radius 2 is 0.474 bits per heavy atom. The van der Waals surface area contributed by atoms with Crippen molar-refractivity contribution in [1.29, 1.82) is 0 Å². The number of hydrogen-bond donors (Lipinski definition) is 12. The summed E-state index contributed by atoms with van der Waals surface area (Å²) in [6.45, 7) is 0. The molecule has 0 aromatic carbocycles. The molecule has 0 radical (unpaired) electrons. The largest absolute Gasteiger partial charge is 0.286 e. The van der Waals surface area contributed by atoms with E-state index in [0.29, 0.717) is 11.8 Å². The molecule has 0 amide bonds. The Morgan fingerprint density at radius 1 is 0.298 bits per heavy atom. The molecule has 5 heterocycles. The Bertz CT molecular complexity index is 1850. The van der Waals surface area contributed by atoms with E-state index in [1.165, 1.54) is 0 Å².